The van der Waals surface area contributed by atoms with Gasteiger partial charge in [0.15, 0.2) is 0 Å². The smallest absolute Gasteiger partial charge is 0.343 e. The van der Waals surface area contributed by atoms with Gasteiger partial charge in [0.1, 0.15) is 0 Å². The SMILES string of the molecule is C=C(C)OC(=O)c1cccc(C(=O)OC(=C)C)c1.O=C(O)c1cccc(C(=O)O)c1. The third-order valence-corrected chi connectivity index (χ3v) is 3.22. The van der Waals surface area contributed by atoms with Gasteiger partial charge in [-0.2, -0.15) is 0 Å². The number of carbonyl (C=O) groups is 4. The Morgan fingerprint density at radius 2 is 0.967 bits per heavy atom. The minimum Gasteiger partial charge on any atom is -0.478 e. The van der Waals surface area contributed by atoms with Gasteiger partial charge in [-0.05, 0) is 50.2 Å². The van der Waals surface area contributed by atoms with Gasteiger partial charge in [0.05, 0.1) is 33.8 Å². The summed E-state index contributed by atoms with van der Waals surface area (Å²) in [6, 6.07) is 11.3. The number of aromatic carboxylic acids is 2. The number of carboxylic acid groups (broad SMARTS) is 2. The molecule has 8 heteroatoms. The van der Waals surface area contributed by atoms with Gasteiger partial charge in [-0.15, -0.1) is 0 Å². The molecule has 0 atom stereocenters. The molecule has 2 aromatic rings. The molecule has 8 nitrogen and oxygen atoms in total. The highest BCUT2D eigenvalue weighted by atomic mass is 16.5. The second-order valence-corrected chi connectivity index (χ2v) is 5.95. The molecule has 0 bridgehead atoms. The molecule has 2 aromatic carbocycles. The number of esters is 2. The first kappa shape index (κ1) is 23.8. The van der Waals surface area contributed by atoms with Crippen LogP contribution in [0.5, 0.6) is 0 Å². The lowest BCUT2D eigenvalue weighted by Gasteiger charge is -2.06. The molecule has 0 unspecified atom stereocenters. The fourth-order valence-corrected chi connectivity index (χ4v) is 1.99. The summed E-state index contributed by atoms with van der Waals surface area (Å²) in [5.74, 6) is -2.80. The molecule has 156 valence electrons. The Kier molecular flexibility index (Phi) is 8.71. The molecule has 30 heavy (non-hydrogen) atoms. The normalized spacial score (nSPS) is 9.40. The molecule has 0 heterocycles. The number of carbonyl (C=O) groups excluding carboxylic acids is 2. The zero-order valence-corrected chi connectivity index (χ0v) is 16.4. The highest BCUT2D eigenvalue weighted by Gasteiger charge is 2.13. The van der Waals surface area contributed by atoms with Crippen molar-refractivity contribution in [1.29, 1.82) is 0 Å². The summed E-state index contributed by atoms with van der Waals surface area (Å²) in [6.45, 7) is 10.1. The first-order chi connectivity index (χ1) is 14.0. The van der Waals surface area contributed by atoms with Crippen LogP contribution in [0, 0.1) is 0 Å². The van der Waals surface area contributed by atoms with Crippen molar-refractivity contribution in [2.75, 3.05) is 0 Å². The molecule has 2 N–H and O–H groups in total. The van der Waals surface area contributed by atoms with E-state index in [2.05, 4.69) is 13.2 Å². The van der Waals surface area contributed by atoms with Crippen molar-refractivity contribution in [3.05, 3.63) is 95.5 Å². The molecule has 0 aliphatic carbocycles. The van der Waals surface area contributed by atoms with E-state index in [-0.39, 0.29) is 33.8 Å². The maximum absolute atomic E-state index is 11.6. The van der Waals surface area contributed by atoms with Crippen LogP contribution in [-0.2, 0) is 9.47 Å². The molecule has 0 saturated heterocycles. The molecule has 0 fully saturated rings. The van der Waals surface area contributed by atoms with Gasteiger partial charge in [-0.25, -0.2) is 19.2 Å². The van der Waals surface area contributed by atoms with Crippen molar-refractivity contribution in [3.8, 4) is 0 Å². The second-order valence-electron chi connectivity index (χ2n) is 5.95. The van der Waals surface area contributed by atoms with Crippen LogP contribution in [-0.4, -0.2) is 34.1 Å². The van der Waals surface area contributed by atoms with Crippen LogP contribution in [0.4, 0.5) is 0 Å². The van der Waals surface area contributed by atoms with Crippen LogP contribution in [0.2, 0.25) is 0 Å². The van der Waals surface area contributed by atoms with Crippen LogP contribution >= 0.6 is 0 Å². The van der Waals surface area contributed by atoms with Crippen LogP contribution in [0.1, 0.15) is 55.3 Å². The summed E-state index contributed by atoms with van der Waals surface area (Å²) in [7, 11) is 0. The monoisotopic (exact) mass is 412 g/mol. The van der Waals surface area contributed by atoms with Gasteiger partial charge >= 0.3 is 23.9 Å². The van der Waals surface area contributed by atoms with Gasteiger partial charge in [0.25, 0.3) is 0 Å². The van der Waals surface area contributed by atoms with E-state index in [0.717, 1.165) is 6.07 Å². The first-order valence-corrected chi connectivity index (χ1v) is 8.43. The van der Waals surface area contributed by atoms with Gasteiger partial charge in [0.2, 0.25) is 0 Å². The number of benzene rings is 2. The fraction of sp³-hybridized carbons (Fsp3) is 0.0909. The van der Waals surface area contributed by atoms with Gasteiger partial charge in [-0.1, -0.05) is 25.3 Å². The number of allylic oxidation sites excluding steroid dienone is 2. The molecule has 0 aromatic heterocycles. The Labute approximate surface area is 172 Å². The summed E-state index contributed by atoms with van der Waals surface area (Å²) < 4.78 is 9.70. The van der Waals surface area contributed by atoms with Crippen molar-refractivity contribution in [2.45, 2.75) is 13.8 Å². The Bertz CT molecular complexity index is 931. The Balaban J connectivity index is 0.000000325. The van der Waals surface area contributed by atoms with Gasteiger partial charge in [-0.3, -0.25) is 0 Å². The Morgan fingerprint density at radius 3 is 1.27 bits per heavy atom. The molecular weight excluding hydrogens is 392 g/mol. The average Bonchev–Trinajstić information content (AvgIpc) is 2.67. The van der Waals surface area contributed by atoms with Crippen LogP contribution in [0.25, 0.3) is 0 Å². The van der Waals surface area contributed by atoms with E-state index in [0.29, 0.717) is 0 Å². The van der Waals surface area contributed by atoms with Gasteiger partial charge < -0.3 is 19.7 Å². The van der Waals surface area contributed by atoms with E-state index < -0.39 is 23.9 Å². The number of hydrogen-bond acceptors (Lipinski definition) is 6. The average molecular weight is 412 g/mol. The summed E-state index contributed by atoms with van der Waals surface area (Å²) in [5, 5.41) is 17.0. The number of ether oxygens (including phenoxy) is 2. The maximum atomic E-state index is 11.6. The van der Waals surface area contributed by atoms with E-state index in [1.54, 1.807) is 32.0 Å². The molecular formula is C22H20O8. The summed E-state index contributed by atoms with van der Waals surface area (Å²) in [6.07, 6.45) is 0. The minimum atomic E-state index is -1.13. The first-order valence-electron chi connectivity index (χ1n) is 8.43. The molecule has 0 aliphatic heterocycles. The van der Waals surface area contributed by atoms with Crippen molar-refractivity contribution >= 4 is 23.9 Å². The van der Waals surface area contributed by atoms with Crippen molar-refractivity contribution in [3.63, 3.8) is 0 Å². The third kappa shape index (κ3) is 7.81. The lowest BCUT2D eigenvalue weighted by Crippen LogP contribution is -2.07. The summed E-state index contributed by atoms with van der Waals surface area (Å²) >= 11 is 0. The zero-order chi connectivity index (χ0) is 22.8. The molecule has 0 radical (unpaired) electrons. The molecule has 0 saturated carbocycles. The van der Waals surface area contributed by atoms with E-state index in [9.17, 15) is 19.2 Å². The van der Waals surface area contributed by atoms with Gasteiger partial charge in [0, 0.05) is 0 Å². The highest BCUT2D eigenvalue weighted by molar-refractivity contribution is 5.96. The largest absolute Gasteiger partial charge is 0.478 e. The van der Waals surface area contributed by atoms with Crippen LogP contribution in [0.3, 0.4) is 0 Å². The number of hydrogen-bond donors (Lipinski definition) is 2. The predicted molar refractivity (Wildman–Crippen MR) is 107 cm³/mol. The van der Waals surface area contributed by atoms with E-state index >= 15 is 0 Å². The Morgan fingerprint density at radius 1 is 0.667 bits per heavy atom. The zero-order valence-electron chi connectivity index (χ0n) is 16.4. The molecule has 0 amide bonds. The summed E-state index contributed by atoms with van der Waals surface area (Å²) in [4.78, 5) is 44.0. The fourth-order valence-electron chi connectivity index (χ4n) is 1.99. The summed E-state index contributed by atoms with van der Waals surface area (Å²) in [5.41, 5.74) is 0.480. The van der Waals surface area contributed by atoms with E-state index in [1.165, 1.54) is 24.3 Å². The van der Waals surface area contributed by atoms with E-state index in [4.69, 9.17) is 19.7 Å². The third-order valence-electron chi connectivity index (χ3n) is 3.22. The standard InChI is InChI=1S/C14H14O4.C8H6O4/c1-9(2)17-13(15)11-6-5-7-12(8-11)14(16)18-10(3)4;9-7(10)5-2-1-3-6(4-5)8(11)12/h5-8H,1,3H2,2,4H3;1-4H,(H,9,10)(H,11,12). The quantitative estimate of drug-likeness (QED) is 0.535. The topological polar surface area (TPSA) is 127 Å². The van der Waals surface area contributed by atoms with Crippen LogP contribution < -0.4 is 0 Å². The number of carboxylic acids is 2. The lowest BCUT2D eigenvalue weighted by molar-refractivity contribution is 0.0622. The minimum absolute atomic E-state index is 0.0186. The maximum Gasteiger partial charge on any atom is 0.343 e. The predicted octanol–water partition coefficient (Wildman–Crippen LogP) is 4.15. The van der Waals surface area contributed by atoms with Crippen LogP contribution in [0.15, 0.2) is 73.2 Å². The highest BCUT2D eigenvalue weighted by Crippen LogP contribution is 2.11. The number of rotatable bonds is 6. The lowest BCUT2D eigenvalue weighted by atomic mass is 10.1. The van der Waals surface area contributed by atoms with E-state index in [1.807, 2.05) is 0 Å². The van der Waals surface area contributed by atoms with Crippen molar-refractivity contribution in [2.24, 2.45) is 0 Å². The molecule has 0 aliphatic rings. The molecule has 2 rings (SSSR count). The van der Waals surface area contributed by atoms with Crippen molar-refractivity contribution < 1.29 is 38.9 Å². The Hall–Kier alpha value is -4.20. The van der Waals surface area contributed by atoms with Crippen molar-refractivity contribution in [1.82, 2.24) is 0 Å². The molecule has 0 spiro atoms. The second kappa shape index (κ2) is 11.0.